The highest BCUT2D eigenvalue weighted by atomic mass is 35.5. The number of sulfonamides is 1. The highest BCUT2D eigenvalue weighted by molar-refractivity contribution is 7.89. The van der Waals surface area contributed by atoms with Crippen LogP contribution in [-0.2, 0) is 14.8 Å². The Labute approximate surface area is 177 Å². The number of unbranched alkanes of at least 4 members (excludes halogenated alkanes) is 1. The third-order valence-electron chi connectivity index (χ3n) is 4.69. The molecule has 1 aliphatic heterocycles. The van der Waals surface area contributed by atoms with Gasteiger partial charge in [0.15, 0.2) is 0 Å². The number of nitrogens with one attached hydrogen (secondary N) is 2. The topological polar surface area (TPSA) is 81.8 Å². The normalized spacial score (nSPS) is 15.7. The number of piperazine rings is 1. The van der Waals surface area contributed by atoms with Crippen molar-refractivity contribution >= 4 is 39.1 Å². The van der Waals surface area contributed by atoms with Crippen LogP contribution in [0.5, 0.6) is 0 Å². The van der Waals surface area contributed by atoms with E-state index in [1.165, 1.54) is 25.2 Å². The first kappa shape index (κ1) is 23.4. The summed E-state index contributed by atoms with van der Waals surface area (Å²) >= 11 is 11.9. The average molecular weight is 451 g/mol. The van der Waals surface area contributed by atoms with E-state index in [2.05, 4.69) is 15.5 Å². The highest BCUT2D eigenvalue weighted by Crippen LogP contribution is 2.30. The Balaban J connectivity index is 1.69. The predicted molar refractivity (Wildman–Crippen MR) is 112 cm³/mol. The zero-order chi connectivity index (χ0) is 20.6. The first-order chi connectivity index (χ1) is 13.3. The summed E-state index contributed by atoms with van der Waals surface area (Å²) in [5.74, 6) is -0.165. The van der Waals surface area contributed by atoms with Crippen LogP contribution < -0.4 is 10.6 Å². The smallest absolute Gasteiger partial charge is 0.244 e. The largest absolute Gasteiger partial charge is 0.356 e. The van der Waals surface area contributed by atoms with Crippen molar-refractivity contribution < 1.29 is 13.2 Å². The summed E-state index contributed by atoms with van der Waals surface area (Å²) in [6, 6.07) is 4.46. The number of rotatable bonds is 10. The highest BCUT2D eigenvalue weighted by Gasteiger charge is 2.24. The standard InChI is InChI=1S/C18H28Cl2N4O3S/c1-23(28(26,27)16-6-4-5-15(19)18(16)20)12-7-17(25)22-8-2-3-11-24-13-9-21-10-14-24/h4-6,21H,2-3,7-14H2,1H3,(H,22,25). The Hall–Kier alpha value is -0.900. The maximum atomic E-state index is 12.6. The van der Waals surface area contributed by atoms with E-state index in [0.717, 1.165) is 49.9 Å². The molecule has 7 nitrogen and oxygen atoms in total. The number of hydrogen-bond acceptors (Lipinski definition) is 5. The first-order valence-electron chi connectivity index (χ1n) is 9.42. The summed E-state index contributed by atoms with van der Waals surface area (Å²) in [6.07, 6.45) is 2.02. The summed E-state index contributed by atoms with van der Waals surface area (Å²) in [5.41, 5.74) is 0. The Bertz CT molecular complexity index is 755. The fourth-order valence-electron chi connectivity index (χ4n) is 2.94. The van der Waals surface area contributed by atoms with E-state index in [0.29, 0.717) is 6.54 Å². The van der Waals surface area contributed by atoms with Crippen molar-refractivity contribution in [1.29, 1.82) is 0 Å². The number of amides is 1. The lowest BCUT2D eigenvalue weighted by Gasteiger charge is -2.27. The molecule has 0 saturated carbocycles. The fraction of sp³-hybridized carbons (Fsp3) is 0.611. The van der Waals surface area contributed by atoms with Crippen LogP contribution >= 0.6 is 23.2 Å². The van der Waals surface area contributed by atoms with Gasteiger partial charge in [-0.1, -0.05) is 29.3 Å². The van der Waals surface area contributed by atoms with Gasteiger partial charge in [-0.25, -0.2) is 12.7 Å². The van der Waals surface area contributed by atoms with Crippen molar-refractivity contribution in [3.63, 3.8) is 0 Å². The maximum Gasteiger partial charge on any atom is 0.244 e. The minimum atomic E-state index is -3.80. The average Bonchev–Trinajstić information content (AvgIpc) is 2.68. The minimum absolute atomic E-state index is 0.00930. The lowest BCUT2D eigenvalue weighted by Crippen LogP contribution is -2.43. The molecule has 1 fully saturated rings. The Morgan fingerprint density at radius 3 is 2.68 bits per heavy atom. The molecule has 0 spiro atoms. The molecule has 1 aromatic carbocycles. The molecule has 1 aromatic rings. The molecule has 2 rings (SSSR count). The molecule has 1 amide bonds. The van der Waals surface area contributed by atoms with E-state index in [1.807, 2.05) is 0 Å². The number of carbonyl (C=O) groups excluding carboxylic acids is 1. The molecule has 1 aliphatic rings. The van der Waals surface area contributed by atoms with E-state index < -0.39 is 10.0 Å². The van der Waals surface area contributed by atoms with Crippen LogP contribution in [0.3, 0.4) is 0 Å². The molecule has 0 aromatic heterocycles. The van der Waals surface area contributed by atoms with E-state index in [4.69, 9.17) is 23.2 Å². The van der Waals surface area contributed by atoms with E-state index in [-0.39, 0.29) is 33.8 Å². The van der Waals surface area contributed by atoms with Crippen LogP contribution in [0.2, 0.25) is 10.0 Å². The third-order valence-corrected chi connectivity index (χ3v) is 7.52. The monoisotopic (exact) mass is 450 g/mol. The van der Waals surface area contributed by atoms with Crippen molar-refractivity contribution in [2.45, 2.75) is 24.2 Å². The van der Waals surface area contributed by atoms with Gasteiger partial charge < -0.3 is 15.5 Å². The molecule has 0 radical (unpaired) electrons. The van der Waals surface area contributed by atoms with E-state index >= 15 is 0 Å². The number of nitrogens with zero attached hydrogens (tertiary/aromatic N) is 2. The maximum absolute atomic E-state index is 12.6. The van der Waals surface area contributed by atoms with Crippen LogP contribution in [0.4, 0.5) is 0 Å². The number of benzene rings is 1. The summed E-state index contributed by atoms with van der Waals surface area (Å²) in [4.78, 5) is 14.4. The molecule has 1 saturated heterocycles. The first-order valence-corrected chi connectivity index (χ1v) is 11.6. The van der Waals surface area contributed by atoms with Crippen molar-refractivity contribution in [3.8, 4) is 0 Å². The van der Waals surface area contributed by atoms with Gasteiger partial charge in [0.2, 0.25) is 15.9 Å². The molecule has 1 heterocycles. The second-order valence-electron chi connectivity index (χ2n) is 6.78. The van der Waals surface area contributed by atoms with E-state index in [1.54, 1.807) is 0 Å². The number of halogens is 2. The summed E-state index contributed by atoms with van der Waals surface area (Å²) < 4.78 is 26.3. The Morgan fingerprint density at radius 1 is 1.25 bits per heavy atom. The van der Waals surface area contributed by atoms with Gasteiger partial charge in [-0.05, 0) is 31.5 Å². The van der Waals surface area contributed by atoms with Crippen LogP contribution in [0, 0.1) is 0 Å². The van der Waals surface area contributed by atoms with Crippen LogP contribution in [0.1, 0.15) is 19.3 Å². The van der Waals surface area contributed by atoms with Crippen molar-refractivity contribution in [2.75, 3.05) is 52.9 Å². The summed E-state index contributed by atoms with van der Waals surface area (Å²) in [6.45, 7) is 5.92. The SMILES string of the molecule is CN(CCC(=O)NCCCCN1CCNCC1)S(=O)(=O)c1cccc(Cl)c1Cl. The van der Waals surface area contributed by atoms with Gasteiger partial charge in [-0.2, -0.15) is 0 Å². The lowest BCUT2D eigenvalue weighted by atomic mass is 10.2. The number of carbonyl (C=O) groups is 1. The van der Waals surface area contributed by atoms with Crippen LogP contribution in [0.25, 0.3) is 0 Å². The molecule has 2 N–H and O–H groups in total. The van der Waals surface area contributed by atoms with E-state index in [9.17, 15) is 13.2 Å². The molecule has 0 atom stereocenters. The van der Waals surface area contributed by atoms with Crippen molar-refractivity contribution in [3.05, 3.63) is 28.2 Å². The molecule has 0 bridgehead atoms. The molecular weight excluding hydrogens is 423 g/mol. The van der Waals surface area contributed by atoms with Gasteiger partial charge in [0, 0.05) is 52.7 Å². The molecule has 28 heavy (non-hydrogen) atoms. The third kappa shape index (κ3) is 6.86. The van der Waals surface area contributed by atoms with Crippen molar-refractivity contribution in [1.82, 2.24) is 19.8 Å². The molecule has 0 unspecified atom stereocenters. The van der Waals surface area contributed by atoms with Crippen LogP contribution in [-0.4, -0.2) is 76.4 Å². The van der Waals surface area contributed by atoms with Gasteiger partial charge in [0.05, 0.1) is 10.0 Å². The molecule has 158 valence electrons. The van der Waals surface area contributed by atoms with Crippen molar-refractivity contribution in [2.24, 2.45) is 0 Å². The second-order valence-corrected chi connectivity index (χ2v) is 9.58. The predicted octanol–water partition coefficient (Wildman–Crippen LogP) is 1.81. The number of hydrogen-bond donors (Lipinski definition) is 2. The molecular formula is C18H28Cl2N4O3S. The van der Waals surface area contributed by atoms with Gasteiger partial charge in [0.1, 0.15) is 4.90 Å². The van der Waals surface area contributed by atoms with Gasteiger partial charge in [-0.3, -0.25) is 4.79 Å². The quantitative estimate of drug-likeness (QED) is 0.531. The van der Waals surface area contributed by atoms with Crippen LogP contribution in [0.15, 0.2) is 23.1 Å². The van der Waals surface area contributed by atoms with Gasteiger partial charge in [0.25, 0.3) is 0 Å². The zero-order valence-electron chi connectivity index (χ0n) is 16.1. The summed E-state index contributed by atoms with van der Waals surface area (Å²) in [7, 11) is -2.38. The zero-order valence-corrected chi connectivity index (χ0v) is 18.4. The Kier molecular flexibility index (Phi) is 9.46. The second kappa shape index (κ2) is 11.3. The Morgan fingerprint density at radius 2 is 1.96 bits per heavy atom. The van der Waals surface area contributed by atoms with Gasteiger partial charge >= 0.3 is 0 Å². The van der Waals surface area contributed by atoms with Gasteiger partial charge in [-0.15, -0.1) is 0 Å². The molecule has 10 heteroatoms. The fourth-order valence-corrected chi connectivity index (χ4v) is 4.85. The lowest BCUT2D eigenvalue weighted by molar-refractivity contribution is -0.121. The summed E-state index contributed by atoms with van der Waals surface area (Å²) in [5, 5.41) is 6.34. The molecule has 0 aliphatic carbocycles. The minimum Gasteiger partial charge on any atom is -0.356 e.